The number of hydrogen-bond acceptors (Lipinski definition) is 2. The SMILES string of the molecule is O=[Se](O)(O)=S. The molecule has 0 atom stereocenters. The third-order valence-electron chi connectivity index (χ3n) is 0. The first-order chi connectivity index (χ1) is 2.00. The second kappa shape index (κ2) is 1.28. The van der Waals surface area contributed by atoms with E-state index in [1.807, 2.05) is 0 Å². The summed E-state index contributed by atoms with van der Waals surface area (Å²) >= 11 is -4.42. The molecule has 0 saturated carbocycles. The molecule has 5 heteroatoms. The fraction of sp³-hybridized carbons (Fsp3) is 0. The second-order valence-corrected chi connectivity index (χ2v) is 4.58. The Kier molecular flexibility index (Phi) is 1.40. The van der Waals surface area contributed by atoms with Crippen molar-refractivity contribution in [3.8, 4) is 0 Å². The molecule has 0 heterocycles. The van der Waals surface area contributed by atoms with Crippen LogP contribution in [0, 0.1) is 0 Å². The third kappa shape index (κ3) is 128. The maximum atomic E-state index is 9.19. The van der Waals surface area contributed by atoms with Crippen LogP contribution in [0.5, 0.6) is 0 Å². The van der Waals surface area contributed by atoms with Crippen LogP contribution in [0.3, 0.4) is 0 Å². The first kappa shape index (κ1) is 5.46. The van der Waals surface area contributed by atoms with Crippen LogP contribution in [0.4, 0.5) is 0 Å². The molecule has 0 aromatic carbocycles. The van der Waals surface area contributed by atoms with Crippen molar-refractivity contribution in [2.45, 2.75) is 0 Å². The first-order valence-electron chi connectivity index (χ1n) is 0.698. The average Bonchev–Trinajstić information content (AvgIpc) is 0.722. The second-order valence-electron chi connectivity index (χ2n) is 0.448. The van der Waals surface area contributed by atoms with Crippen LogP contribution in [-0.2, 0) is 3.83 Å². The Labute approximate surface area is 35.2 Å². The molecular weight excluding hydrogens is 159 g/mol. The van der Waals surface area contributed by atoms with E-state index in [1.165, 1.54) is 0 Å². The molecule has 0 aromatic heterocycles. The van der Waals surface area contributed by atoms with Gasteiger partial charge in [-0.2, -0.15) is 0 Å². The molecule has 0 aliphatic rings. The molecule has 0 unspecified atom stereocenters. The van der Waals surface area contributed by atoms with Crippen LogP contribution in [0.15, 0.2) is 0 Å². The number of rotatable bonds is 0. The van der Waals surface area contributed by atoms with Gasteiger partial charge in [0.2, 0.25) is 0 Å². The molecule has 0 aliphatic carbocycles. The molecule has 0 bridgehead atoms. The Morgan fingerprint density at radius 1 is 1.60 bits per heavy atom. The quantitative estimate of drug-likeness (QED) is 0.449. The molecule has 0 spiro atoms. The van der Waals surface area contributed by atoms with Crippen LogP contribution in [0.1, 0.15) is 0 Å². The van der Waals surface area contributed by atoms with Crippen LogP contribution < -0.4 is 0 Å². The number of hydrogen-bond donors (Lipinski definition) is 2. The van der Waals surface area contributed by atoms with Gasteiger partial charge in [0.05, 0.1) is 0 Å². The fourth-order valence-electron chi connectivity index (χ4n) is 0. The molecule has 0 aromatic rings. The van der Waals surface area contributed by atoms with Gasteiger partial charge in [-0.1, -0.05) is 0 Å². The Bertz CT molecular complexity index is 90.1. The zero-order valence-corrected chi connectivity index (χ0v) is 4.65. The van der Waals surface area contributed by atoms with E-state index in [2.05, 4.69) is 10.6 Å². The third-order valence-corrected chi connectivity index (χ3v) is 0. The normalized spacial score (nSPS) is 11.6. The minimum atomic E-state index is -4.42. The van der Waals surface area contributed by atoms with Gasteiger partial charge in [0, 0.05) is 0 Å². The molecule has 0 rings (SSSR count). The van der Waals surface area contributed by atoms with Crippen molar-refractivity contribution in [3.05, 3.63) is 0 Å². The molecule has 3 nitrogen and oxygen atoms in total. The first-order valence-corrected chi connectivity index (χ1v) is 5.36. The van der Waals surface area contributed by atoms with E-state index in [-0.39, 0.29) is 0 Å². The Hall–Kier alpha value is 0.459. The van der Waals surface area contributed by atoms with E-state index in [4.69, 9.17) is 8.38 Å². The van der Waals surface area contributed by atoms with Crippen LogP contribution in [-0.4, -0.2) is 20.2 Å². The van der Waals surface area contributed by atoms with E-state index < -0.39 is 11.8 Å². The topological polar surface area (TPSA) is 57.5 Å². The van der Waals surface area contributed by atoms with Gasteiger partial charge in [0.15, 0.2) is 0 Å². The summed E-state index contributed by atoms with van der Waals surface area (Å²) in [6, 6.07) is 0. The summed E-state index contributed by atoms with van der Waals surface area (Å²) in [5, 5.41) is 0. The minimum absolute atomic E-state index is 3.54. The maximum absolute atomic E-state index is 9.19. The predicted octanol–water partition coefficient (Wildman–Crippen LogP) is -0.965. The Balaban J connectivity index is 4.06. The van der Waals surface area contributed by atoms with E-state index in [0.29, 0.717) is 0 Å². The summed E-state index contributed by atoms with van der Waals surface area (Å²) in [5.74, 6) is 0. The van der Waals surface area contributed by atoms with Crippen LogP contribution in [0.25, 0.3) is 0 Å². The van der Waals surface area contributed by atoms with E-state index >= 15 is 0 Å². The molecular formula is H2O3SSe. The van der Waals surface area contributed by atoms with Gasteiger partial charge in [-0.15, -0.1) is 0 Å². The van der Waals surface area contributed by atoms with E-state index in [0.717, 1.165) is 0 Å². The van der Waals surface area contributed by atoms with Crippen molar-refractivity contribution in [3.63, 3.8) is 0 Å². The van der Waals surface area contributed by atoms with Crippen molar-refractivity contribution >= 4 is 22.4 Å². The van der Waals surface area contributed by atoms with E-state index in [9.17, 15) is 3.83 Å². The Morgan fingerprint density at radius 3 is 1.60 bits per heavy atom. The molecule has 32 valence electrons. The van der Waals surface area contributed by atoms with Gasteiger partial charge >= 0.3 is 34.6 Å². The summed E-state index contributed by atoms with van der Waals surface area (Å²) in [6.07, 6.45) is 0. The van der Waals surface area contributed by atoms with Crippen molar-refractivity contribution in [1.29, 1.82) is 0 Å². The average molecular weight is 161 g/mol. The molecule has 0 saturated heterocycles. The van der Waals surface area contributed by atoms with Crippen molar-refractivity contribution < 1.29 is 12.2 Å². The van der Waals surface area contributed by atoms with Gasteiger partial charge in [-0.3, -0.25) is 0 Å². The molecule has 0 radical (unpaired) electrons. The van der Waals surface area contributed by atoms with Crippen molar-refractivity contribution in [1.82, 2.24) is 0 Å². The fourth-order valence-corrected chi connectivity index (χ4v) is 0. The summed E-state index contributed by atoms with van der Waals surface area (Å²) < 4.78 is 24.2. The molecule has 0 aliphatic heterocycles. The predicted molar refractivity (Wildman–Crippen MR) is 18.5 cm³/mol. The molecule has 0 fully saturated rings. The van der Waals surface area contributed by atoms with E-state index in [1.54, 1.807) is 0 Å². The van der Waals surface area contributed by atoms with Gasteiger partial charge in [0.1, 0.15) is 0 Å². The zero-order chi connectivity index (χ0) is 4.50. The standard InChI is InChI=1S/H2O3SSe/c1-5(2,3)4/h(H2,1,2,3,4). The van der Waals surface area contributed by atoms with Crippen molar-refractivity contribution in [2.24, 2.45) is 0 Å². The summed E-state index contributed by atoms with van der Waals surface area (Å²) in [7, 11) is 3.54. The molecule has 2 N–H and O–H groups in total. The van der Waals surface area contributed by atoms with Crippen LogP contribution in [0.2, 0.25) is 0 Å². The summed E-state index contributed by atoms with van der Waals surface area (Å²) in [6.45, 7) is 0. The van der Waals surface area contributed by atoms with Gasteiger partial charge in [-0.25, -0.2) is 0 Å². The van der Waals surface area contributed by atoms with Gasteiger partial charge in [-0.05, 0) is 0 Å². The summed E-state index contributed by atoms with van der Waals surface area (Å²) in [5.41, 5.74) is 0. The molecule has 0 amide bonds. The van der Waals surface area contributed by atoms with Crippen LogP contribution >= 0.6 is 10.6 Å². The zero-order valence-electron chi connectivity index (χ0n) is 2.12. The van der Waals surface area contributed by atoms with Crippen molar-refractivity contribution in [2.75, 3.05) is 0 Å². The molecule has 5 heavy (non-hydrogen) atoms. The summed E-state index contributed by atoms with van der Waals surface area (Å²) in [4.78, 5) is 0. The van der Waals surface area contributed by atoms with Gasteiger partial charge < -0.3 is 0 Å². The Morgan fingerprint density at radius 2 is 1.60 bits per heavy atom. The monoisotopic (exact) mass is 162 g/mol. The van der Waals surface area contributed by atoms with Gasteiger partial charge in [0.25, 0.3) is 0 Å².